The molecule has 0 unspecified atom stereocenters. The molecule has 1 saturated heterocycles. The van der Waals surface area contributed by atoms with Crippen molar-refractivity contribution in [3.63, 3.8) is 0 Å². The van der Waals surface area contributed by atoms with Crippen molar-refractivity contribution in [3.05, 3.63) is 35.9 Å². The van der Waals surface area contributed by atoms with Crippen LogP contribution in [-0.2, 0) is 18.8 Å². The maximum Gasteiger partial charge on any atom is 0.494 e. The third-order valence-corrected chi connectivity index (χ3v) is 7.37. The Morgan fingerprint density at radius 2 is 1.63 bits per heavy atom. The van der Waals surface area contributed by atoms with Crippen LogP contribution in [0, 0.1) is 5.92 Å². The van der Waals surface area contributed by atoms with E-state index in [1.165, 1.54) is 0 Å². The number of hydrogen-bond acceptors (Lipinski definition) is 5. The largest absolute Gasteiger partial charge is 0.494 e. The van der Waals surface area contributed by atoms with E-state index in [2.05, 4.69) is 5.32 Å². The number of benzene rings is 1. The Hall–Kier alpha value is -2.32. The molecule has 1 saturated carbocycles. The molecule has 2 N–H and O–H groups in total. The van der Waals surface area contributed by atoms with Gasteiger partial charge in [0.2, 0.25) is 0 Å². The maximum atomic E-state index is 12.6. The third-order valence-electron chi connectivity index (χ3n) is 7.37. The minimum atomic E-state index is -1.40. The van der Waals surface area contributed by atoms with Gasteiger partial charge in [-0.25, -0.2) is 9.59 Å². The van der Waals surface area contributed by atoms with Gasteiger partial charge in [0.25, 0.3) is 0 Å². The fraction of sp³-hybridized carbons (Fsp3) is 0.630. The van der Waals surface area contributed by atoms with Crippen LogP contribution in [0.1, 0.15) is 86.1 Å². The van der Waals surface area contributed by atoms with Crippen LogP contribution in [0.25, 0.3) is 6.08 Å². The Morgan fingerprint density at radius 3 is 2.11 bits per heavy atom. The van der Waals surface area contributed by atoms with Crippen LogP contribution in [0.4, 0.5) is 4.79 Å². The summed E-state index contributed by atoms with van der Waals surface area (Å²) in [6.07, 6.45) is 6.62. The van der Waals surface area contributed by atoms with Crippen molar-refractivity contribution in [2.75, 3.05) is 0 Å². The van der Waals surface area contributed by atoms with Crippen molar-refractivity contribution in [1.82, 2.24) is 5.32 Å². The van der Waals surface area contributed by atoms with Crippen LogP contribution in [-0.4, -0.2) is 46.6 Å². The molecule has 35 heavy (non-hydrogen) atoms. The number of aliphatic carboxylic acids is 1. The van der Waals surface area contributed by atoms with E-state index in [0.717, 1.165) is 36.7 Å². The highest BCUT2D eigenvalue weighted by atomic mass is 16.7. The number of hydrogen-bond donors (Lipinski definition) is 2. The lowest BCUT2D eigenvalue weighted by atomic mass is 9.78. The first-order valence-corrected chi connectivity index (χ1v) is 12.5. The average Bonchev–Trinajstić information content (AvgIpc) is 3.32. The second-order valence-electron chi connectivity index (χ2n) is 11.7. The predicted molar refractivity (Wildman–Crippen MR) is 138 cm³/mol. The van der Waals surface area contributed by atoms with E-state index in [1.807, 2.05) is 64.1 Å². The van der Waals surface area contributed by atoms with Crippen molar-refractivity contribution >= 4 is 30.7 Å². The summed E-state index contributed by atoms with van der Waals surface area (Å²) in [5, 5.41) is 13.0. The lowest BCUT2D eigenvalue weighted by molar-refractivity contribution is -0.147. The monoisotopic (exact) mass is 485 g/mol. The smallest absolute Gasteiger partial charge is 0.479 e. The van der Waals surface area contributed by atoms with E-state index in [1.54, 1.807) is 20.8 Å². The molecule has 1 amide bonds. The Morgan fingerprint density at radius 1 is 1.09 bits per heavy atom. The second kappa shape index (κ2) is 9.98. The van der Waals surface area contributed by atoms with Gasteiger partial charge in [-0.15, -0.1) is 0 Å². The second-order valence-corrected chi connectivity index (χ2v) is 11.7. The highest BCUT2D eigenvalue weighted by Gasteiger charge is 2.51. The molecule has 0 spiro atoms. The summed E-state index contributed by atoms with van der Waals surface area (Å²) >= 11 is 0. The summed E-state index contributed by atoms with van der Waals surface area (Å²) in [5.74, 6) is -1.18. The van der Waals surface area contributed by atoms with Gasteiger partial charge in [0, 0.05) is 0 Å². The van der Waals surface area contributed by atoms with Crippen molar-refractivity contribution in [3.8, 4) is 0 Å². The van der Waals surface area contributed by atoms with Gasteiger partial charge in [-0.1, -0.05) is 49.3 Å². The van der Waals surface area contributed by atoms with E-state index < -0.39 is 41.5 Å². The molecule has 192 valence electrons. The number of carbonyl (C=O) groups excluding carboxylic acids is 1. The number of carboxylic acids is 1. The summed E-state index contributed by atoms with van der Waals surface area (Å²) in [5.41, 5.74) is -1.07. The van der Waals surface area contributed by atoms with Gasteiger partial charge in [0.05, 0.1) is 11.2 Å². The van der Waals surface area contributed by atoms with Crippen molar-refractivity contribution in [2.24, 2.45) is 5.92 Å². The molecule has 1 aromatic carbocycles. The minimum Gasteiger partial charge on any atom is -0.479 e. The predicted octanol–water partition coefficient (Wildman–Crippen LogP) is 4.93. The molecule has 3 rings (SSSR count). The minimum absolute atomic E-state index is 0.150. The first-order valence-electron chi connectivity index (χ1n) is 12.5. The molecule has 2 fully saturated rings. The maximum absolute atomic E-state index is 12.6. The zero-order valence-corrected chi connectivity index (χ0v) is 22.1. The molecule has 0 radical (unpaired) electrons. The van der Waals surface area contributed by atoms with Gasteiger partial charge in [-0.3, -0.25) is 0 Å². The van der Waals surface area contributed by atoms with E-state index in [-0.39, 0.29) is 12.3 Å². The number of carbonyl (C=O) groups is 2. The van der Waals surface area contributed by atoms with E-state index in [9.17, 15) is 14.7 Å². The number of carboxylic acid groups (broad SMARTS) is 1. The van der Waals surface area contributed by atoms with Crippen LogP contribution in [0.3, 0.4) is 0 Å². The van der Waals surface area contributed by atoms with Gasteiger partial charge in [-0.05, 0) is 84.7 Å². The SMILES string of the molecule is CC(C)(C)OC(=O)N[C@](CC=Cc1ccc(B2OC(C)(C)C(C)(C)O2)cc1)(C(=O)O)C1CCCC1. The summed E-state index contributed by atoms with van der Waals surface area (Å²) < 4.78 is 17.6. The highest BCUT2D eigenvalue weighted by molar-refractivity contribution is 6.62. The molecule has 0 bridgehead atoms. The molecular weight excluding hydrogens is 445 g/mol. The van der Waals surface area contributed by atoms with Crippen LogP contribution >= 0.6 is 0 Å². The third kappa shape index (κ3) is 6.28. The Labute approximate surface area is 209 Å². The molecule has 1 heterocycles. The van der Waals surface area contributed by atoms with Gasteiger partial charge < -0.3 is 24.5 Å². The quantitative estimate of drug-likeness (QED) is 0.532. The Balaban J connectivity index is 1.74. The number of ether oxygens (including phenoxy) is 1. The first kappa shape index (κ1) is 27.3. The lowest BCUT2D eigenvalue weighted by Crippen LogP contribution is -2.59. The number of amides is 1. The molecule has 1 aliphatic carbocycles. The van der Waals surface area contributed by atoms with Crippen LogP contribution < -0.4 is 10.8 Å². The molecule has 8 heteroatoms. The Bertz CT molecular complexity index is 927. The van der Waals surface area contributed by atoms with E-state index in [0.29, 0.717) is 0 Å². The molecule has 2 aliphatic rings. The van der Waals surface area contributed by atoms with Crippen LogP contribution in [0.5, 0.6) is 0 Å². The number of rotatable bonds is 7. The van der Waals surface area contributed by atoms with Gasteiger partial charge in [0.15, 0.2) is 0 Å². The van der Waals surface area contributed by atoms with Gasteiger partial charge in [-0.2, -0.15) is 0 Å². The standard InChI is InChI=1S/C27H40BNO6/c1-24(2,3)33-23(32)29-27(22(30)31,20-12-8-9-13-20)18-10-11-19-14-16-21(17-15-19)28-34-25(4,5)26(6,7)35-28/h10-11,14-17,20H,8-9,12-13,18H2,1-7H3,(H,29,32)(H,30,31)/t27-/m0/s1. The van der Waals surface area contributed by atoms with Crippen LogP contribution in [0.15, 0.2) is 30.3 Å². The fourth-order valence-electron chi connectivity index (χ4n) is 4.66. The zero-order chi connectivity index (χ0) is 26.1. The molecule has 1 atom stereocenters. The molecule has 7 nitrogen and oxygen atoms in total. The summed E-state index contributed by atoms with van der Waals surface area (Å²) in [6.45, 7) is 13.4. The normalized spacial score (nSPS) is 21.7. The average molecular weight is 485 g/mol. The van der Waals surface area contributed by atoms with E-state index >= 15 is 0 Å². The molecule has 1 aliphatic heterocycles. The van der Waals surface area contributed by atoms with Gasteiger partial charge in [0.1, 0.15) is 11.1 Å². The van der Waals surface area contributed by atoms with Crippen molar-refractivity contribution in [1.29, 1.82) is 0 Å². The van der Waals surface area contributed by atoms with E-state index in [4.69, 9.17) is 14.0 Å². The lowest BCUT2D eigenvalue weighted by Gasteiger charge is -2.36. The van der Waals surface area contributed by atoms with Crippen LogP contribution in [0.2, 0.25) is 0 Å². The van der Waals surface area contributed by atoms with Crippen molar-refractivity contribution < 1.29 is 28.7 Å². The molecular formula is C27H40BNO6. The highest BCUT2D eigenvalue weighted by Crippen LogP contribution is 2.38. The fourth-order valence-corrected chi connectivity index (χ4v) is 4.66. The number of nitrogens with one attached hydrogen (secondary N) is 1. The summed E-state index contributed by atoms with van der Waals surface area (Å²) in [4.78, 5) is 25.1. The van der Waals surface area contributed by atoms with Gasteiger partial charge >= 0.3 is 19.2 Å². The van der Waals surface area contributed by atoms with Crippen molar-refractivity contribution in [2.45, 2.75) is 103 Å². The first-order chi connectivity index (χ1) is 16.2. The zero-order valence-electron chi connectivity index (χ0n) is 22.1. The molecule has 0 aromatic heterocycles. The molecule has 1 aromatic rings. The number of alkyl carbamates (subject to hydrolysis) is 1. The summed E-state index contributed by atoms with van der Waals surface area (Å²) in [7, 11) is -0.432. The topological polar surface area (TPSA) is 94.1 Å². The Kier molecular flexibility index (Phi) is 7.77. The summed E-state index contributed by atoms with van der Waals surface area (Å²) in [6, 6.07) is 7.83.